The lowest BCUT2D eigenvalue weighted by Gasteiger charge is -2.10. The van der Waals surface area contributed by atoms with Crippen LogP contribution in [0.15, 0.2) is 93.6 Å². The van der Waals surface area contributed by atoms with Gasteiger partial charge in [0.05, 0.1) is 5.69 Å². The molecule has 0 bridgehead atoms. The van der Waals surface area contributed by atoms with Gasteiger partial charge in [0.2, 0.25) is 0 Å². The minimum absolute atomic E-state index is 0.232. The zero-order valence-corrected chi connectivity index (χ0v) is 18.3. The monoisotopic (exact) mass is 445 g/mol. The Hall–Kier alpha value is -3.71. The Morgan fingerprint density at radius 1 is 0.938 bits per heavy atom. The summed E-state index contributed by atoms with van der Waals surface area (Å²) in [4.78, 5) is 25.8. The van der Waals surface area contributed by atoms with Crippen LogP contribution in [0.3, 0.4) is 0 Å². The van der Waals surface area contributed by atoms with Crippen molar-refractivity contribution in [2.24, 2.45) is 0 Å². The molecule has 7 heteroatoms. The lowest BCUT2D eigenvalue weighted by atomic mass is 10.1. The summed E-state index contributed by atoms with van der Waals surface area (Å²) >= 11 is 1.32. The van der Waals surface area contributed by atoms with Gasteiger partial charge in [0.1, 0.15) is 10.8 Å². The van der Waals surface area contributed by atoms with Gasteiger partial charge in [-0.1, -0.05) is 29.5 Å². The maximum absolute atomic E-state index is 13.1. The second kappa shape index (κ2) is 9.20. The van der Waals surface area contributed by atoms with E-state index in [1.54, 1.807) is 42.5 Å². The quantitative estimate of drug-likeness (QED) is 0.447. The molecule has 0 atom stereocenters. The lowest BCUT2D eigenvalue weighted by molar-refractivity contribution is 0.102. The molecule has 1 heterocycles. The SMILES string of the molecule is Cc1ccc(NC(=O)c2ccc(-n3nc(Sc4ccc(F)cc4)ccc3=O)cc2)c(C)c1. The van der Waals surface area contributed by atoms with Crippen LogP contribution >= 0.6 is 11.8 Å². The van der Waals surface area contributed by atoms with Crippen molar-refractivity contribution in [2.45, 2.75) is 23.8 Å². The maximum atomic E-state index is 13.1. The highest BCUT2D eigenvalue weighted by Gasteiger charge is 2.10. The van der Waals surface area contributed by atoms with Crippen LogP contribution in [0, 0.1) is 19.7 Å². The average molecular weight is 446 g/mol. The van der Waals surface area contributed by atoms with E-state index in [0.29, 0.717) is 16.3 Å². The smallest absolute Gasteiger partial charge is 0.271 e. The van der Waals surface area contributed by atoms with Gasteiger partial charge in [-0.25, -0.2) is 4.39 Å². The van der Waals surface area contributed by atoms with Crippen LogP contribution < -0.4 is 10.9 Å². The van der Waals surface area contributed by atoms with E-state index in [1.807, 2.05) is 32.0 Å². The van der Waals surface area contributed by atoms with E-state index in [4.69, 9.17) is 0 Å². The minimum atomic E-state index is -0.311. The standard InChI is InChI=1S/C25H20FN3O2S/c1-16-3-12-22(17(2)15-16)27-25(31)18-4-8-20(9-5-18)29-24(30)14-13-23(28-29)32-21-10-6-19(26)7-11-21/h3-15H,1-2H3,(H,27,31). The Morgan fingerprint density at radius 3 is 2.34 bits per heavy atom. The molecule has 4 rings (SSSR count). The van der Waals surface area contributed by atoms with Gasteiger partial charge in [0.25, 0.3) is 11.5 Å². The first-order valence-corrected chi connectivity index (χ1v) is 10.7. The highest BCUT2D eigenvalue weighted by molar-refractivity contribution is 7.99. The molecular weight excluding hydrogens is 425 g/mol. The van der Waals surface area contributed by atoms with Crippen molar-refractivity contribution >= 4 is 23.4 Å². The minimum Gasteiger partial charge on any atom is -0.322 e. The van der Waals surface area contributed by atoms with Crippen molar-refractivity contribution < 1.29 is 9.18 Å². The highest BCUT2D eigenvalue weighted by Crippen LogP contribution is 2.25. The predicted molar refractivity (Wildman–Crippen MR) is 124 cm³/mol. The van der Waals surface area contributed by atoms with E-state index < -0.39 is 0 Å². The molecule has 0 spiro atoms. The van der Waals surface area contributed by atoms with Gasteiger partial charge in [-0.05, 0) is 80.1 Å². The highest BCUT2D eigenvalue weighted by atomic mass is 32.2. The third-order valence-corrected chi connectivity index (χ3v) is 5.75. The van der Waals surface area contributed by atoms with Gasteiger partial charge in [-0.3, -0.25) is 9.59 Å². The molecule has 0 unspecified atom stereocenters. The Kier molecular flexibility index (Phi) is 6.18. The first-order chi connectivity index (χ1) is 15.4. The Morgan fingerprint density at radius 2 is 1.66 bits per heavy atom. The fraction of sp³-hybridized carbons (Fsp3) is 0.0800. The summed E-state index contributed by atoms with van der Waals surface area (Å²) in [5.74, 6) is -0.543. The molecular formula is C25H20FN3O2S. The predicted octanol–water partition coefficient (Wildman–Crippen LogP) is 5.39. The molecule has 1 N–H and O–H groups in total. The number of aryl methyl sites for hydroxylation is 2. The van der Waals surface area contributed by atoms with Crippen molar-refractivity contribution in [3.05, 3.63) is 112 Å². The molecule has 4 aromatic rings. The fourth-order valence-electron chi connectivity index (χ4n) is 3.16. The van der Waals surface area contributed by atoms with Gasteiger partial charge in [0, 0.05) is 22.2 Å². The summed E-state index contributed by atoms with van der Waals surface area (Å²) in [5.41, 5.74) is 3.59. The summed E-state index contributed by atoms with van der Waals surface area (Å²) in [7, 11) is 0. The summed E-state index contributed by atoms with van der Waals surface area (Å²) < 4.78 is 14.4. The lowest BCUT2D eigenvalue weighted by Crippen LogP contribution is -2.20. The van der Waals surface area contributed by atoms with E-state index in [9.17, 15) is 14.0 Å². The average Bonchev–Trinajstić information content (AvgIpc) is 2.78. The van der Waals surface area contributed by atoms with Crippen LogP contribution in [0.1, 0.15) is 21.5 Å². The summed E-state index contributed by atoms with van der Waals surface area (Å²) in [6.07, 6.45) is 0. The van der Waals surface area contributed by atoms with Gasteiger partial charge in [0.15, 0.2) is 0 Å². The zero-order chi connectivity index (χ0) is 22.7. The fourth-order valence-corrected chi connectivity index (χ4v) is 3.93. The number of carbonyl (C=O) groups is 1. The number of hydrogen-bond acceptors (Lipinski definition) is 4. The van der Waals surface area contributed by atoms with Crippen molar-refractivity contribution in [3.63, 3.8) is 0 Å². The zero-order valence-electron chi connectivity index (χ0n) is 17.5. The third-order valence-electron chi connectivity index (χ3n) is 4.82. The second-order valence-electron chi connectivity index (χ2n) is 7.30. The van der Waals surface area contributed by atoms with Crippen molar-refractivity contribution in [2.75, 3.05) is 5.32 Å². The molecule has 0 aliphatic heterocycles. The van der Waals surface area contributed by atoms with Gasteiger partial charge >= 0.3 is 0 Å². The number of halogens is 1. The van der Waals surface area contributed by atoms with Crippen LogP contribution in [0.4, 0.5) is 10.1 Å². The van der Waals surface area contributed by atoms with Gasteiger partial charge < -0.3 is 5.32 Å². The summed E-state index contributed by atoms with van der Waals surface area (Å²) in [6, 6.07) is 21.6. The molecule has 0 saturated carbocycles. The number of nitrogens with one attached hydrogen (secondary N) is 1. The normalized spacial score (nSPS) is 10.7. The van der Waals surface area contributed by atoms with Crippen molar-refractivity contribution in [1.82, 2.24) is 9.78 Å². The van der Waals surface area contributed by atoms with Crippen LogP contribution in [0.5, 0.6) is 0 Å². The van der Waals surface area contributed by atoms with Crippen LogP contribution in [0.25, 0.3) is 5.69 Å². The topological polar surface area (TPSA) is 64.0 Å². The molecule has 0 saturated heterocycles. The summed E-state index contributed by atoms with van der Waals surface area (Å²) in [5, 5.41) is 7.90. The first kappa shape index (κ1) is 21.5. The molecule has 160 valence electrons. The van der Waals surface area contributed by atoms with Crippen molar-refractivity contribution in [1.29, 1.82) is 0 Å². The first-order valence-electron chi connectivity index (χ1n) is 9.92. The Bertz CT molecular complexity index is 1330. The maximum Gasteiger partial charge on any atom is 0.271 e. The second-order valence-corrected chi connectivity index (χ2v) is 8.39. The van der Waals surface area contributed by atoms with Gasteiger partial charge in [-0.2, -0.15) is 9.78 Å². The number of anilines is 1. The van der Waals surface area contributed by atoms with Gasteiger partial charge in [-0.15, -0.1) is 0 Å². The molecule has 3 aromatic carbocycles. The van der Waals surface area contributed by atoms with Crippen LogP contribution in [-0.4, -0.2) is 15.7 Å². The van der Waals surface area contributed by atoms with E-state index in [1.165, 1.54) is 34.6 Å². The van der Waals surface area contributed by atoms with E-state index in [2.05, 4.69) is 10.4 Å². The Balaban J connectivity index is 1.53. The number of rotatable bonds is 5. The number of benzene rings is 3. The number of aromatic nitrogens is 2. The van der Waals surface area contributed by atoms with E-state index >= 15 is 0 Å². The Labute approximate surface area is 188 Å². The third kappa shape index (κ3) is 4.95. The number of carbonyl (C=O) groups excluding carboxylic acids is 1. The summed E-state index contributed by atoms with van der Waals surface area (Å²) in [6.45, 7) is 3.95. The van der Waals surface area contributed by atoms with E-state index in [0.717, 1.165) is 21.7 Å². The molecule has 0 aliphatic carbocycles. The van der Waals surface area contributed by atoms with Crippen LogP contribution in [-0.2, 0) is 0 Å². The molecule has 1 amide bonds. The van der Waals surface area contributed by atoms with E-state index in [-0.39, 0.29) is 17.3 Å². The molecule has 32 heavy (non-hydrogen) atoms. The molecule has 1 aromatic heterocycles. The number of amides is 1. The molecule has 0 radical (unpaired) electrons. The largest absolute Gasteiger partial charge is 0.322 e. The number of nitrogens with zero attached hydrogens (tertiary/aromatic N) is 2. The molecule has 0 fully saturated rings. The van der Waals surface area contributed by atoms with Crippen LogP contribution in [0.2, 0.25) is 0 Å². The molecule has 0 aliphatic rings. The number of hydrogen-bond donors (Lipinski definition) is 1. The molecule has 5 nitrogen and oxygen atoms in total. The van der Waals surface area contributed by atoms with Crippen molar-refractivity contribution in [3.8, 4) is 5.69 Å².